The highest BCUT2D eigenvalue weighted by molar-refractivity contribution is 6.62. The Morgan fingerprint density at radius 1 is 1.09 bits per heavy atom. The third-order valence-corrected chi connectivity index (χ3v) is 5.49. The second kappa shape index (κ2) is 4.82. The van der Waals surface area contributed by atoms with Crippen molar-refractivity contribution in [3.8, 4) is 0 Å². The molecule has 0 saturated carbocycles. The van der Waals surface area contributed by atoms with E-state index >= 15 is 0 Å². The molecule has 1 fully saturated rings. The highest BCUT2D eigenvalue weighted by Gasteiger charge is 2.51. The lowest BCUT2D eigenvalue weighted by atomic mass is 9.79. The van der Waals surface area contributed by atoms with Crippen molar-refractivity contribution in [3.05, 3.63) is 24.0 Å². The number of aromatic nitrogens is 2. The van der Waals surface area contributed by atoms with Gasteiger partial charge in [0.2, 0.25) is 0 Å². The molecule has 0 amide bonds. The van der Waals surface area contributed by atoms with Gasteiger partial charge < -0.3 is 13.9 Å². The summed E-state index contributed by atoms with van der Waals surface area (Å²) in [5.74, 6) is 1.14. The van der Waals surface area contributed by atoms with Crippen molar-refractivity contribution in [2.45, 2.75) is 52.0 Å². The summed E-state index contributed by atoms with van der Waals surface area (Å²) >= 11 is 0. The van der Waals surface area contributed by atoms with E-state index in [1.165, 1.54) is 5.52 Å². The summed E-state index contributed by atoms with van der Waals surface area (Å²) in [5, 5.41) is 0. The van der Waals surface area contributed by atoms with Gasteiger partial charge in [0.15, 0.2) is 0 Å². The maximum atomic E-state index is 6.15. The second-order valence-electron chi connectivity index (χ2n) is 7.75. The zero-order chi connectivity index (χ0) is 16.4. The fraction of sp³-hybridized carbons (Fsp3) is 0.588. The minimum Gasteiger partial charge on any atom is -0.399 e. The number of fused-ring (bicyclic) bond motifs is 3. The molecule has 2 aliphatic heterocycles. The third kappa shape index (κ3) is 2.32. The lowest BCUT2D eigenvalue weighted by Crippen LogP contribution is -2.41. The van der Waals surface area contributed by atoms with Crippen molar-refractivity contribution in [1.82, 2.24) is 14.5 Å². The third-order valence-electron chi connectivity index (χ3n) is 5.49. The molecule has 0 unspecified atom stereocenters. The molecule has 0 bridgehead atoms. The van der Waals surface area contributed by atoms with Crippen LogP contribution in [-0.4, -0.2) is 46.4 Å². The van der Waals surface area contributed by atoms with Crippen LogP contribution in [0.15, 0.2) is 18.2 Å². The summed E-state index contributed by atoms with van der Waals surface area (Å²) in [6.07, 6.45) is 0. The van der Waals surface area contributed by atoms with Gasteiger partial charge in [-0.1, -0.05) is 6.07 Å². The lowest BCUT2D eigenvalue weighted by Gasteiger charge is -2.32. The monoisotopic (exact) mass is 313 g/mol. The van der Waals surface area contributed by atoms with Gasteiger partial charge in [0.05, 0.1) is 28.8 Å². The van der Waals surface area contributed by atoms with Crippen molar-refractivity contribution in [1.29, 1.82) is 0 Å². The van der Waals surface area contributed by atoms with Crippen LogP contribution in [0.2, 0.25) is 0 Å². The van der Waals surface area contributed by atoms with E-state index in [0.29, 0.717) is 0 Å². The van der Waals surface area contributed by atoms with E-state index < -0.39 is 0 Å². The van der Waals surface area contributed by atoms with Crippen molar-refractivity contribution in [3.63, 3.8) is 0 Å². The Hall–Kier alpha value is -1.37. The molecule has 4 rings (SSSR count). The van der Waals surface area contributed by atoms with E-state index in [0.717, 1.165) is 36.4 Å². The Morgan fingerprint density at radius 2 is 1.78 bits per heavy atom. The van der Waals surface area contributed by atoms with Crippen LogP contribution in [0.1, 0.15) is 33.5 Å². The molecule has 0 N–H and O–H groups in total. The molecule has 1 aromatic heterocycles. The Labute approximate surface area is 137 Å². The summed E-state index contributed by atoms with van der Waals surface area (Å²) in [6, 6.07) is 6.37. The number of rotatable bonds is 1. The topological polar surface area (TPSA) is 39.5 Å². The van der Waals surface area contributed by atoms with Gasteiger partial charge in [-0.25, -0.2) is 4.98 Å². The molecule has 6 heteroatoms. The van der Waals surface area contributed by atoms with Crippen LogP contribution in [0.4, 0.5) is 0 Å². The van der Waals surface area contributed by atoms with Gasteiger partial charge in [-0.2, -0.15) is 0 Å². The van der Waals surface area contributed by atoms with Crippen LogP contribution < -0.4 is 5.46 Å². The molecular formula is C17H24BN3O2. The minimum absolute atomic E-state index is 0.317. The average molecular weight is 313 g/mol. The Morgan fingerprint density at radius 3 is 2.48 bits per heavy atom. The van der Waals surface area contributed by atoms with Crippen molar-refractivity contribution < 1.29 is 9.31 Å². The molecule has 0 atom stereocenters. The smallest absolute Gasteiger partial charge is 0.399 e. The van der Waals surface area contributed by atoms with Gasteiger partial charge in [-0.05, 0) is 52.3 Å². The number of hydrogen-bond donors (Lipinski definition) is 0. The van der Waals surface area contributed by atoms with Gasteiger partial charge in [0, 0.05) is 13.1 Å². The van der Waals surface area contributed by atoms with E-state index in [1.54, 1.807) is 0 Å². The largest absolute Gasteiger partial charge is 0.494 e. The first-order chi connectivity index (χ1) is 10.8. The first-order valence-corrected chi connectivity index (χ1v) is 8.30. The Bertz CT molecular complexity index is 753. The van der Waals surface area contributed by atoms with E-state index in [4.69, 9.17) is 14.3 Å². The number of imidazole rings is 1. The number of nitrogens with zero attached hydrogens (tertiary/aromatic N) is 3. The van der Waals surface area contributed by atoms with Crippen molar-refractivity contribution in [2.24, 2.45) is 0 Å². The van der Waals surface area contributed by atoms with Crippen LogP contribution in [0.3, 0.4) is 0 Å². The second-order valence-corrected chi connectivity index (χ2v) is 7.75. The Kier molecular flexibility index (Phi) is 3.18. The molecule has 122 valence electrons. The standard InChI is InChI=1S/C17H24BN3O2/c1-16(2)17(3,4)23-18(22-16)12-6-7-14-13(10-12)19-15-11-20(5)8-9-21(14)15/h6-7,10H,8-9,11H2,1-5H3. The first kappa shape index (κ1) is 15.2. The van der Waals surface area contributed by atoms with Crippen molar-refractivity contribution in [2.75, 3.05) is 13.6 Å². The molecule has 3 heterocycles. The molecule has 5 nitrogen and oxygen atoms in total. The van der Waals surface area contributed by atoms with E-state index in [2.05, 4.69) is 62.4 Å². The van der Waals surface area contributed by atoms with Gasteiger partial charge in [0.1, 0.15) is 5.82 Å². The quantitative estimate of drug-likeness (QED) is 0.753. The van der Waals surface area contributed by atoms with Crippen LogP contribution in [0.5, 0.6) is 0 Å². The minimum atomic E-state index is -0.328. The highest BCUT2D eigenvalue weighted by atomic mass is 16.7. The van der Waals surface area contributed by atoms with Gasteiger partial charge in [-0.15, -0.1) is 0 Å². The zero-order valence-corrected chi connectivity index (χ0v) is 14.6. The summed E-state index contributed by atoms with van der Waals surface area (Å²) in [4.78, 5) is 7.12. The number of likely N-dealkylation sites (N-methyl/N-ethyl adjacent to an activating group) is 1. The normalized spacial score (nSPS) is 23.4. The summed E-state index contributed by atoms with van der Waals surface area (Å²) < 4.78 is 14.6. The van der Waals surface area contributed by atoms with Crippen LogP contribution in [0.25, 0.3) is 11.0 Å². The Balaban J connectivity index is 1.71. The van der Waals surface area contributed by atoms with E-state index in [1.807, 2.05) is 0 Å². The molecule has 1 saturated heterocycles. The molecule has 23 heavy (non-hydrogen) atoms. The number of benzene rings is 1. The van der Waals surface area contributed by atoms with Crippen molar-refractivity contribution >= 4 is 23.6 Å². The lowest BCUT2D eigenvalue weighted by molar-refractivity contribution is 0.00578. The SMILES string of the molecule is CN1CCn2c(nc3cc(B4OC(C)(C)C(C)(C)O4)ccc32)C1. The molecule has 0 aliphatic carbocycles. The first-order valence-electron chi connectivity index (χ1n) is 8.30. The summed E-state index contributed by atoms with van der Waals surface area (Å²) in [7, 11) is 1.81. The predicted octanol–water partition coefficient (Wildman–Crippen LogP) is 1.78. The highest BCUT2D eigenvalue weighted by Crippen LogP contribution is 2.36. The van der Waals surface area contributed by atoms with E-state index in [9.17, 15) is 0 Å². The van der Waals surface area contributed by atoms with Crippen LogP contribution in [0, 0.1) is 0 Å². The zero-order valence-electron chi connectivity index (χ0n) is 14.6. The maximum Gasteiger partial charge on any atom is 0.494 e. The average Bonchev–Trinajstić information content (AvgIpc) is 2.91. The van der Waals surface area contributed by atoms with Gasteiger partial charge >= 0.3 is 7.12 Å². The molecule has 0 spiro atoms. The van der Waals surface area contributed by atoms with Gasteiger partial charge in [-0.3, -0.25) is 4.90 Å². The predicted molar refractivity (Wildman–Crippen MR) is 91.8 cm³/mol. The summed E-state index contributed by atoms with van der Waals surface area (Å²) in [5.41, 5.74) is 2.64. The molecule has 1 aromatic carbocycles. The van der Waals surface area contributed by atoms with Gasteiger partial charge in [0.25, 0.3) is 0 Å². The number of hydrogen-bond acceptors (Lipinski definition) is 4. The van der Waals surface area contributed by atoms with E-state index in [-0.39, 0.29) is 18.3 Å². The fourth-order valence-corrected chi connectivity index (χ4v) is 3.28. The fourth-order valence-electron chi connectivity index (χ4n) is 3.28. The summed E-state index contributed by atoms with van der Waals surface area (Å²) in [6.45, 7) is 11.3. The van der Waals surface area contributed by atoms with Crippen LogP contribution >= 0.6 is 0 Å². The molecule has 2 aromatic rings. The molecular weight excluding hydrogens is 289 g/mol. The maximum absolute atomic E-state index is 6.15. The van der Waals surface area contributed by atoms with Crippen LogP contribution in [-0.2, 0) is 22.4 Å². The molecule has 2 aliphatic rings. The molecule has 0 radical (unpaired) electrons.